The molecule has 0 heterocycles. The zero-order valence-corrected chi connectivity index (χ0v) is 20.7. The second-order valence-electron chi connectivity index (χ2n) is 11.5. The summed E-state index contributed by atoms with van der Waals surface area (Å²) >= 11 is 0. The molecule has 0 spiro atoms. The second-order valence-corrected chi connectivity index (χ2v) is 11.5. The maximum absolute atomic E-state index is 12.3. The zero-order valence-electron chi connectivity index (χ0n) is 20.7. The molecular formula is C22H43N5O4+2. The monoisotopic (exact) mass is 441 g/mol. The number of quaternary nitrogens is 2. The summed E-state index contributed by atoms with van der Waals surface area (Å²) in [6.45, 7) is 8.70. The highest BCUT2D eigenvalue weighted by molar-refractivity contribution is 5.68. The number of ether oxygens (including phenoxy) is 2. The van der Waals surface area contributed by atoms with Crippen LogP contribution in [0.15, 0.2) is 0 Å². The molecule has 9 heteroatoms. The molecule has 2 unspecified atom stereocenters. The van der Waals surface area contributed by atoms with Crippen molar-refractivity contribution in [2.45, 2.75) is 46.1 Å². The van der Waals surface area contributed by atoms with E-state index in [4.69, 9.17) is 14.7 Å². The van der Waals surface area contributed by atoms with Gasteiger partial charge in [-0.15, -0.1) is 5.26 Å². The molecule has 0 saturated heterocycles. The van der Waals surface area contributed by atoms with Crippen molar-refractivity contribution in [1.82, 2.24) is 10.6 Å². The predicted molar refractivity (Wildman–Crippen MR) is 119 cm³/mol. The summed E-state index contributed by atoms with van der Waals surface area (Å²) in [6.07, 6.45) is 3.79. The van der Waals surface area contributed by atoms with Gasteiger partial charge in [-0.1, -0.05) is 20.8 Å². The molecule has 1 aliphatic carbocycles. The lowest BCUT2D eigenvalue weighted by Crippen LogP contribution is -2.51. The molecule has 1 rings (SSSR count). The van der Waals surface area contributed by atoms with Crippen molar-refractivity contribution in [1.29, 1.82) is 5.26 Å². The highest BCUT2D eigenvalue weighted by Crippen LogP contribution is 2.45. The number of nitrogens with one attached hydrogen (secondary N) is 2. The Bertz CT molecular complexity index is 666. The summed E-state index contributed by atoms with van der Waals surface area (Å²) in [7, 11) is 9.67. The molecule has 1 aliphatic rings. The lowest BCUT2D eigenvalue weighted by Gasteiger charge is -2.46. The molecule has 0 aromatic rings. The van der Waals surface area contributed by atoms with Gasteiger partial charge in [-0.2, -0.15) is 0 Å². The van der Waals surface area contributed by atoms with E-state index in [1.54, 1.807) is 14.1 Å². The first-order valence-electron chi connectivity index (χ1n) is 10.9. The number of hydrogen-bond acceptors (Lipinski definition) is 5. The van der Waals surface area contributed by atoms with E-state index >= 15 is 0 Å². The van der Waals surface area contributed by atoms with Gasteiger partial charge in [-0.25, -0.2) is 14.1 Å². The number of alkyl carbamates (subject to hydrolysis) is 2. The molecule has 0 aromatic heterocycles. The van der Waals surface area contributed by atoms with Crippen LogP contribution in [0.3, 0.4) is 0 Å². The number of carbonyl (C=O) groups is 2. The predicted octanol–water partition coefficient (Wildman–Crippen LogP) is 2.29. The number of nitriles is 1. The minimum atomic E-state index is -0.462. The highest BCUT2D eigenvalue weighted by Gasteiger charge is 2.42. The van der Waals surface area contributed by atoms with E-state index in [0.29, 0.717) is 19.7 Å². The first-order valence-corrected chi connectivity index (χ1v) is 10.9. The lowest BCUT2D eigenvalue weighted by atomic mass is 9.62. The van der Waals surface area contributed by atoms with Crippen LogP contribution in [0.5, 0.6) is 0 Å². The molecule has 9 nitrogen and oxygen atoms in total. The van der Waals surface area contributed by atoms with Crippen LogP contribution in [0.4, 0.5) is 9.59 Å². The van der Waals surface area contributed by atoms with Gasteiger partial charge in [0, 0.05) is 12.6 Å². The average Bonchev–Trinajstić information content (AvgIpc) is 2.57. The smallest absolute Gasteiger partial charge is 0.407 e. The van der Waals surface area contributed by atoms with Crippen LogP contribution < -0.4 is 10.6 Å². The van der Waals surface area contributed by atoms with E-state index in [0.717, 1.165) is 30.3 Å². The fourth-order valence-corrected chi connectivity index (χ4v) is 4.24. The Morgan fingerprint density at radius 1 is 1.00 bits per heavy atom. The third-order valence-electron chi connectivity index (χ3n) is 5.57. The molecule has 0 aliphatic heterocycles. The number of amides is 2. The lowest BCUT2D eigenvalue weighted by molar-refractivity contribution is -0.870. The van der Waals surface area contributed by atoms with Crippen LogP contribution >= 0.6 is 0 Å². The van der Waals surface area contributed by atoms with E-state index < -0.39 is 12.2 Å². The Kier molecular flexibility index (Phi) is 9.15. The summed E-state index contributed by atoms with van der Waals surface area (Å²) in [5, 5.41) is 14.9. The van der Waals surface area contributed by atoms with Gasteiger partial charge >= 0.3 is 18.4 Å². The minimum Gasteiger partial charge on any atom is -0.444 e. The Hall–Kier alpha value is -2.05. The Balaban J connectivity index is 2.54. The molecule has 0 bridgehead atoms. The number of rotatable bonds is 9. The molecule has 0 aromatic carbocycles. The summed E-state index contributed by atoms with van der Waals surface area (Å²) in [6, 6.07) is -0.0456. The van der Waals surface area contributed by atoms with Crippen LogP contribution in [0, 0.1) is 22.3 Å². The fraction of sp³-hybridized carbons (Fsp3) is 0.864. The number of likely N-dealkylation sites (N-methyl/N-ethyl adjacent to an activating group) is 2. The molecule has 31 heavy (non-hydrogen) atoms. The fourth-order valence-electron chi connectivity index (χ4n) is 4.24. The maximum atomic E-state index is 12.3. The van der Waals surface area contributed by atoms with Crippen molar-refractivity contribution in [3.05, 3.63) is 0 Å². The van der Waals surface area contributed by atoms with Crippen molar-refractivity contribution in [2.75, 3.05) is 68.1 Å². The standard InChI is InChI=1S/C22H41N5O4/c1-21(2)13-18(25-20(29)31-12-10-27(7,8)17-23)14-22(3,15-21)16-24-19(28)30-11-9-26(4,5)6/h18H,9-16H2,1-8H3/p+2. The van der Waals surface area contributed by atoms with Gasteiger partial charge in [0.15, 0.2) is 0 Å². The second kappa shape index (κ2) is 10.5. The first-order chi connectivity index (χ1) is 14.0. The van der Waals surface area contributed by atoms with Crippen LogP contribution in [0.25, 0.3) is 0 Å². The molecular weight excluding hydrogens is 398 g/mol. The van der Waals surface area contributed by atoms with Crippen molar-refractivity contribution in [3.8, 4) is 6.19 Å². The van der Waals surface area contributed by atoms with Gasteiger partial charge in [-0.05, 0) is 30.1 Å². The largest absolute Gasteiger partial charge is 0.444 e. The van der Waals surface area contributed by atoms with E-state index in [2.05, 4.69) is 37.6 Å². The maximum Gasteiger partial charge on any atom is 0.407 e. The Labute approximate surface area is 187 Å². The number of hydrogen-bond donors (Lipinski definition) is 2. The van der Waals surface area contributed by atoms with Crippen molar-refractivity contribution >= 4 is 12.2 Å². The van der Waals surface area contributed by atoms with Crippen molar-refractivity contribution in [3.63, 3.8) is 0 Å². The van der Waals surface area contributed by atoms with Gasteiger partial charge in [0.25, 0.3) is 0 Å². The zero-order chi connectivity index (χ0) is 23.9. The quantitative estimate of drug-likeness (QED) is 0.422. The topological polar surface area (TPSA) is 100 Å². The van der Waals surface area contributed by atoms with Crippen LogP contribution in [0.1, 0.15) is 40.0 Å². The van der Waals surface area contributed by atoms with E-state index in [-0.39, 0.29) is 28.0 Å². The molecule has 2 N–H and O–H groups in total. The molecule has 2 atom stereocenters. The highest BCUT2D eigenvalue weighted by atomic mass is 16.6. The number of carbonyl (C=O) groups excluding carboxylic acids is 2. The van der Waals surface area contributed by atoms with E-state index in [1.807, 2.05) is 21.1 Å². The van der Waals surface area contributed by atoms with Gasteiger partial charge in [0.2, 0.25) is 0 Å². The summed E-state index contributed by atoms with van der Waals surface area (Å²) in [5.41, 5.74) is -0.154. The van der Waals surface area contributed by atoms with Gasteiger partial charge in [0.1, 0.15) is 26.3 Å². The minimum absolute atomic E-state index is 0.0138. The third kappa shape index (κ3) is 11.2. The molecule has 178 valence electrons. The average molecular weight is 442 g/mol. The van der Waals surface area contributed by atoms with Crippen LogP contribution in [-0.2, 0) is 9.47 Å². The van der Waals surface area contributed by atoms with Crippen molar-refractivity contribution < 1.29 is 28.0 Å². The van der Waals surface area contributed by atoms with Gasteiger partial charge in [-0.3, -0.25) is 0 Å². The molecule has 1 saturated carbocycles. The molecule has 2 amide bonds. The first kappa shape index (κ1) is 27.0. The van der Waals surface area contributed by atoms with Gasteiger partial charge in [0.05, 0.1) is 35.2 Å². The van der Waals surface area contributed by atoms with Crippen LogP contribution in [0.2, 0.25) is 0 Å². The van der Waals surface area contributed by atoms with E-state index in [1.165, 1.54) is 0 Å². The summed E-state index contributed by atoms with van der Waals surface area (Å²) in [5.74, 6) is 0. The molecule has 0 radical (unpaired) electrons. The normalized spacial score (nSPS) is 23.4. The Morgan fingerprint density at radius 3 is 2.16 bits per heavy atom. The third-order valence-corrected chi connectivity index (χ3v) is 5.57. The van der Waals surface area contributed by atoms with Crippen molar-refractivity contribution in [2.24, 2.45) is 10.8 Å². The van der Waals surface area contributed by atoms with Crippen LogP contribution in [-0.4, -0.2) is 95.3 Å². The molecule has 1 fully saturated rings. The summed E-state index contributed by atoms with van der Waals surface area (Å²) < 4.78 is 11.4. The Morgan fingerprint density at radius 2 is 1.58 bits per heavy atom. The summed E-state index contributed by atoms with van der Waals surface area (Å²) in [4.78, 5) is 24.4. The van der Waals surface area contributed by atoms with E-state index in [9.17, 15) is 9.59 Å². The van der Waals surface area contributed by atoms with Gasteiger partial charge < -0.3 is 24.6 Å². The SMILES string of the molecule is CC1(C)CC(NC(=O)OCC[N+](C)(C)C#N)CC(C)(CNC(=O)OCC[N+](C)(C)C)C1. The number of nitrogens with zero attached hydrogens (tertiary/aromatic N) is 3.